The molecule has 0 aliphatic carbocycles. The zero-order valence-electron chi connectivity index (χ0n) is 7.31. The zero-order valence-corrected chi connectivity index (χ0v) is 7.31. The van der Waals surface area contributed by atoms with Crippen molar-refractivity contribution in [2.75, 3.05) is 26.4 Å². The summed E-state index contributed by atoms with van der Waals surface area (Å²) in [6, 6.07) is 1.74. The second-order valence-corrected chi connectivity index (χ2v) is 2.38. The van der Waals surface area contributed by atoms with Crippen molar-refractivity contribution in [3.8, 4) is 0 Å². The maximum atomic E-state index is 8.38. The van der Waals surface area contributed by atoms with Crippen molar-refractivity contribution in [1.82, 2.24) is 5.16 Å². The van der Waals surface area contributed by atoms with Gasteiger partial charge < -0.3 is 19.1 Å². The summed E-state index contributed by atoms with van der Waals surface area (Å²) in [7, 11) is 0. The fourth-order valence-corrected chi connectivity index (χ4v) is 0.773. The van der Waals surface area contributed by atoms with Gasteiger partial charge >= 0.3 is 0 Å². The van der Waals surface area contributed by atoms with Gasteiger partial charge in [0.15, 0.2) is 0 Å². The SMILES string of the molecule is OCCOCCOCc1ccon1. The number of nitrogens with zero attached hydrogens (tertiary/aromatic N) is 1. The van der Waals surface area contributed by atoms with Crippen molar-refractivity contribution in [1.29, 1.82) is 0 Å². The molecule has 0 saturated heterocycles. The van der Waals surface area contributed by atoms with E-state index in [0.29, 0.717) is 26.4 Å². The van der Waals surface area contributed by atoms with E-state index in [2.05, 4.69) is 9.68 Å². The van der Waals surface area contributed by atoms with Crippen LogP contribution in [0.25, 0.3) is 0 Å². The van der Waals surface area contributed by atoms with Crippen LogP contribution in [0.5, 0.6) is 0 Å². The molecule has 74 valence electrons. The molecule has 0 aliphatic heterocycles. The van der Waals surface area contributed by atoms with Gasteiger partial charge in [-0.15, -0.1) is 0 Å². The predicted octanol–water partition coefficient (Wildman–Crippen LogP) is 0.200. The van der Waals surface area contributed by atoms with Crippen LogP contribution in [0.1, 0.15) is 5.69 Å². The van der Waals surface area contributed by atoms with E-state index in [1.54, 1.807) is 6.07 Å². The molecule has 0 radical (unpaired) electrons. The van der Waals surface area contributed by atoms with Gasteiger partial charge in [0.1, 0.15) is 12.0 Å². The molecule has 1 N–H and O–H groups in total. The van der Waals surface area contributed by atoms with E-state index in [9.17, 15) is 0 Å². The van der Waals surface area contributed by atoms with E-state index in [1.165, 1.54) is 6.26 Å². The Morgan fingerprint density at radius 1 is 1.31 bits per heavy atom. The molecule has 0 bridgehead atoms. The van der Waals surface area contributed by atoms with Gasteiger partial charge in [0.25, 0.3) is 0 Å². The van der Waals surface area contributed by atoms with Crippen LogP contribution >= 0.6 is 0 Å². The fourth-order valence-electron chi connectivity index (χ4n) is 0.773. The minimum Gasteiger partial charge on any atom is -0.394 e. The molecule has 0 amide bonds. The van der Waals surface area contributed by atoms with E-state index in [1.807, 2.05) is 0 Å². The summed E-state index contributed by atoms with van der Waals surface area (Å²) >= 11 is 0. The molecule has 5 nitrogen and oxygen atoms in total. The molecule has 0 fully saturated rings. The van der Waals surface area contributed by atoms with E-state index in [4.69, 9.17) is 14.6 Å². The molecular formula is C8H13NO4. The van der Waals surface area contributed by atoms with E-state index >= 15 is 0 Å². The molecule has 0 atom stereocenters. The van der Waals surface area contributed by atoms with Crippen molar-refractivity contribution >= 4 is 0 Å². The van der Waals surface area contributed by atoms with Gasteiger partial charge in [-0.1, -0.05) is 5.16 Å². The van der Waals surface area contributed by atoms with Crippen molar-refractivity contribution in [2.45, 2.75) is 6.61 Å². The monoisotopic (exact) mass is 187 g/mol. The van der Waals surface area contributed by atoms with E-state index in [0.717, 1.165) is 5.69 Å². The summed E-state index contributed by atoms with van der Waals surface area (Å²) < 4.78 is 14.8. The van der Waals surface area contributed by atoms with Crippen LogP contribution in [0, 0.1) is 0 Å². The predicted molar refractivity (Wildman–Crippen MR) is 44.1 cm³/mol. The smallest absolute Gasteiger partial charge is 0.124 e. The van der Waals surface area contributed by atoms with Crippen molar-refractivity contribution in [3.05, 3.63) is 18.0 Å². The van der Waals surface area contributed by atoms with Crippen molar-refractivity contribution < 1.29 is 19.1 Å². The topological polar surface area (TPSA) is 64.7 Å². The lowest BCUT2D eigenvalue weighted by Gasteiger charge is -2.02. The maximum absolute atomic E-state index is 8.38. The molecule has 1 aromatic heterocycles. The lowest BCUT2D eigenvalue weighted by atomic mass is 10.5. The Morgan fingerprint density at radius 3 is 2.85 bits per heavy atom. The highest BCUT2D eigenvalue weighted by Gasteiger charge is 1.95. The third-order valence-electron chi connectivity index (χ3n) is 1.35. The van der Waals surface area contributed by atoms with Crippen LogP contribution in [0.15, 0.2) is 16.9 Å². The third-order valence-corrected chi connectivity index (χ3v) is 1.35. The Bertz CT molecular complexity index is 200. The fraction of sp³-hybridized carbons (Fsp3) is 0.625. The van der Waals surface area contributed by atoms with Gasteiger partial charge in [-0.05, 0) is 0 Å². The van der Waals surface area contributed by atoms with Gasteiger partial charge in [-0.3, -0.25) is 0 Å². The molecule has 0 aromatic carbocycles. The number of hydrogen-bond acceptors (Lipinski definition) is 5. The minimum absolute atomic E-state index is 0.0449. The number of aliphatic hydroxyl groups excluding tert-OH is 1. The first kappa shape index (κ1) is 10.2. The molecular weight excluding hydrogens is 174 g/mol. The number of aliphatic hydroxyl groups is 1. The zero-order chi connectivity index (χ0) is 9.36. The second-order valence-electron chi connectivity index (χ2n) is 2.38. The molecule has 0 saturated carbocycles. The Balaban J connectivity index is 1.90. The first-order chi connectivity index (χ1) is 6.43. The van der Waals surface area contributed by atoms with Crippen LogP contribution in [0.4, 0.5) is 0 Å². The minimum atomic E-state index is 0.0449. The first-order valence-electron chi connectivity index (χ1n) is 4.09. The molecule has 0 aliphatic rings. The summed E-state index contributed by atoms with van der Waals surface area (Å²) in [4.78, 5) is 0. The van der Waals surface area contributed by atoms with Gasteiger partial charge in [0.05, 0.1) is 33.0 Å². The van der Waals surface area contributed by atoms with Crippen LogP contribution in [0.2, 0.25) is 0 Å². The molecule has 0 unspecified atom stereocenters. The lowest BCUT2D eigenvalue weighted by Crippen LogP contribution is -2.07. The molecule has 13 heavy (non-hydrogen) atoms. The summed E-state index contributed by atoms with van der Waals surface area (Å²) in [5.74, 6) is 0. The van der Waals surface area contributed by atoms with Crippen molar-refractivity contribution in [2.24, 2.45) is 0 Å². The Hall–Kier alpha value is -0.910. The molecule has 0 spiro atoms. The van der Waals surface area contributed by atoms with Crippen LogP contribution in [-0.2, 0) is 16.1 Å². The van der Waals surface area contributed by atoms with Crippen LogP contribution < -0.4 is 0 Å². The average molecular weight is 187 g/mol. The standard InChI is InChI=1S/C8H13NO4/c10-2-4-11-5-6-12-7-8-1-3-13-9-8/h1,3,10H,2,4-7H2. The van der Waals surface area contributed by atoms with Crippen LogP contribution in [-0.4, -0.2) is 36.7 Å². The van der Waals surface area contributed by atoms with Gasteiger partial charge in [0.2, 0.25) is 0 Å². The molecule has 1 heterocycles. The average Bonchev–Trinajstić information content (AvgIpc) is 2.63. The quantitative estimate of drug-likeness (QED) is 0.618. The Morgan fingerprint density at radius 2 is 2.15 bits per heavy atom. The molecule has 1 rings (SSSR count). The number of aromatic nitrogens is 1. The third kappa shape index (κ3) is 4.62. The second kappa shape index (κ2) is 6.59. The van der Waals surface area contributed by atoms with Crippen molar-refractivity contribution in [3.63, 3.8) is 0 Å². The number of ether oxygens (including phenoxy) is 2. The van der Waals surface area contributed by atoms with E-state index in [-0.39, 0.29) is 6.61 Å². The normalized spacial score (nSPS) is 10.5. The van der Waals surface area contributed by atoms with E-state index < -0.39 is 0 Å². The first-order valence-corrected chi connectivity index (χ1v) is 4.09. The Kier molecular flexibility index (Phi) is 5.16. The number of hydrogen-bond donors (Lipinski definition) is 1. The lowest BCUT2D eigenvalue weighted by molar-refractivity contribution is 0.0259. The largest absolute Gasteiger partial charge is 0.394 e. The van der Waals surface area contributed by atoms with Gasteiger partial charge in [0, 0.05) is 6.07 Å². The molecule has 1 aromatic rings. The van der Waals surface area contributed by atoms with Gasteiger partial charge in [-0.25, -0.2) is 0 Å². The highest BCUT2D eigenvalue weighted by atomic mass is 16.5. The summed E-state index contributed by atoms with van der Waals surface area (Å²) in [6.07, 6.45) is 1.50. The summed E-state index contributed by atoms with van der Waals surface area (Å²) in [6.45, 7) is 1.81. The van der Waals surface area contributed by atoms with Crippen LogP contribution in [0.3, 0.4) is 0 Å². The summed E-state index contributed by atoms with van der Waals surface area (Å²) in [5.41, 5.74) is 0.766. The summed E-state index contributed by atoms with van der Waals surface area (Å²) in [5, 5.41) is 12.1. The highest BCUT2D eigenvalue weighted by molar-refractivity contribution is 4.92. The number of rotatable bonds is 7. The van der Waals surface area contributed by atoms with Gasteiger partial charge in [-0.2, -0.15) is 0 Å². The molecule has 5 heteroatoms. The highest BCUT2D eigenvalue weighted by Crippen LogP contribution is 1.96. The Labute approximate surface area is 76.2 Å². The maximum Gasteiger partial charge on any atom is 0.124 e.